The van der Waals surface area contributed by atoms with Crippen molar-refractivity contribution in [3.8, 4) is 0 Å². The first-order chi connectivity index (χ1) is 9.36. The van der Waals surface area contributed by atoms with Crippen molar-refractivity contribution in [2.75, 3.05) is 23.0 Å². The van der Waals surface area contributed by atoms with Crippen LogP contribution in [-0.2, 0) is 0 Å². The number of hydrogen-bond acceptors (Lipinski definition) is 7. The molecule has 1 aliphatic heterocycles. The second-order valence-electron chi connectivity index (χ2n) is 3.38. The van der Waals surface area contributed by atoms with Gasteiger partial charge in [-0.3, -0.25) is 0 Å². The summed E-state index contributed by atoms with van der Waals surface area (Å²) >= 11 is 20.2. The van der Waals surface area contributed by atoms with Crippen LogP contribution in [0.5, 0.6) is 0 Å². The molecule has 0 amide bonds. The van der Waals surface area contributed by atoms with Gasteiger partial charge in [-0.25, -0.2) is 4.52 Å². The van der Waals surface area contributed by atoms with Crippen molar-refractivity contribution in [2.24, 2.45) is 13.5 Å². The predicted octanol–water partition coefficient (Wildman–Crippen LogP) is 9.33. The van der Waals surface area contributed by atoms with Crippen LogP contribution in [0.2, 0.25) is 0 Å². The molecule has 0 unspecified atom stereocenters. The average molecular weight is 450 g/mol. The smallest absolute Gasteiger partial charge is 0.202 e. The molecule has 0 aliphatic carbocycles. The minimum atomic E-state index is -2.58. The Kier molecular flexibility index (Phi) is 9.56. The molecule has 120 valence electrons. The lowest BCUT2D eigenvalue weighted by molar-refractivity contribution is 1.53. The number of rotatable bonds is 8. The van der Waals surface area contributed by atoms with Gasteiger partial charge in [-0.1, -0.05) is 73.2 Å². The Morgan fingerprint density at radius 2 is 1.00 bits per heavy atom. The van der Waals surface area contributed by atoms with E-state index in [-0.39, 0.29) is 0 Å². The van der Waals surface area contributed by atoms with Crippen LogP contribution in [0.4, 0.5) is 0 Å². The van der Waals surface area contributed by atoms with Gasteiger partial charge in [0.2, 0.25) is 0 Å². The van der Waals surface area contributed by atoms with E-state index in [0.29, 0.717) is 0 Å². The average Bonchev–Trinajstić information content (AvgIpc) is 2.27. The van der Waals surface area contributed by atoms with Gasteiger partial charge in [0, 0.05) is 0 Å². The highest BCUT2D eigenvalue weighted by Gasteiger charge is 2.35. The Labute approximate surface area is 148 Å². The Hall–Kier alpha value is 2.67. The summed E-state index contributed by atoms with van der Waals surface area (Å²) in [6.45, 7) is 8.56. The molecule has 0 saturated heterocycles. The first-order valence-electron chi connectivity index (χ1n) is 6.25. The molecule has 12 heteroatoms. The molecule has 20 heavy (non-hydrogen) atoms. The quantitative estimate of drug-likeness (QED) is 0.345. The van der Waals surface area contributed by atoms with Crippen LogP contribution in [0.3, 0.4) is 0 Å². The summed E-state index contributed by atoms with van der Waals surface area (Å²) in [4.78, 5) is 0. The van der Waals surface area contributed by atoms with Gasteiger partial charge in [0.15, 0.2) is 11.2 Å². The molecular formula is C8H20Cl2N3P3S4. The van der Waals surface area contributed by atoms with Crippen molar-refractivity contribution in [1.29, 1.82) is 0 Å². The SMILES string of the molecule is CCSP1(SCC)=NP(Cl)(Cl)=NP(SCC)(SCC)=N1. The van der Waals surface area contributed by atoms with Gasteiger partial charge in [0.25, 0.3) is 5.91 Å². The van der Waals surface area contributed by atoms with Gasteiger partial charge in [-0.05, 0) is 45.5 Å². The van der Waals surface area contributed by atoms with E-state index in [2.05, 4.69) is 27.7 Å². The summed E-state index contributed by atoms with van der Waals surface area (Å²) in [6, 6.07) is 0. The lowest BCUT2D eigenvalue weighted by Gasteiger charge is -2.29. The maximum Gasteiger partial charge on any atom is 0.256 e. The molecule has 1 rings (SSSR count). The van der Waals surface area contributed by atoms with Crippen LogP contribution in [0, 0.1) is 0 Å². The number of hydrogen-bond donors (Lipinski definition) is 0. The lowest BCUT2D eigenvalue weighted by atomic mass is 11.0. The highest BCUT2D eigenvalue weighted by atomic mass is 35.9. The van der Waals surface area contributed by atoms with Gasteiger partial charge in [-0.15, -0.1) is 0 Å². The highest BCUT2D eigenvalue weighted by Crippen LogP contribution is 2.93. The van der Waals surface area contributed by atoms with Gasteiger partial charge in [0.1, 0.15) is 0 Å². The zero-order chi connectivity index (χ0) is 15.3. The Balaban J connectivity index is 3.47. The summed E-state index contributed by atoms with van der Waals surface area (Å²) < 4.78 is 14.7. The van der Waals surface area contributed by atoms with Crippen molar-refractivity contribution in [1.82, 2.24) is 0 Å². The Bertz CT molecular complexity index is 458. The monoisotopic (exact) mass is 449 g/mol. The molecular weight excluding hydrogens is 430 g/mol. The molecule has 0 fully saturated rings. The van der Waals surface area contributed by atoms with Crippen molar-refractivity contribution in [3.05, 3.63) is 0 Å². The third kappa shape index (κ3) is 5.95. The predicted molar refractivity (Wildman–Crippen MR) is 112 cm³/mol. The summed E-state index contributed by atoms with van der Waals surface area (Å²) in [5.41, 5.74) is -3.82. The summed E-state index contributed by atoms with van der Waals surface area (Å²) in [7, 11) is 0. The van der Waals surface area contributed by atoms with E-state index in [4.69, 9.17) is 36.0 Å². The van der Waals surface area contributed by atoms with Crippen molar-refractivity contribution in [2.45, 2.75) is 27.7 Å². The van der Waals surface area contributed by atoms with E-state index < -0.39 is 17.1 Å². The molecule has 0 spiro atoms. The molecule has 0 bridgehead atoms. The third-order valence-electron chi connectivity index (χ3n) is 1.86. The van der Waals surface area contributed by atoms with E-state index in [1.165, 1.54) is 0 Å². The fourth-order valence-corrected chi connectivity index (χ4v) is 38.3. The van der Waals surface area contributed by atoms with E-state index in [0.717, 1.165) is 23.0 Å². The van der Waals surface area contributed by atoms with Gasteiger partial charge in [-0.2, -0.15) is 9.03 Å². The first kappa shape index (κ1) is 20.7. The Morgan fingerprint density at radius 1 is 0.650 bits per heavy atom. The second-order valence-corrected chi connectivity index (χ2v) is 25.7. The van der Waals surface area contributed by atoms with Crippen LogP contribution in [0.1, 0.15) is 27.7 Å². The molecule has 0 aromatic heterocycles. The molecule has 0 saturated carbocycles. The minimum Gasteiger partial charge on any atom is -0.202 e. The fourth-order valence-electron chi connectivity index (χ4n) is 1.42. The number of halogens is 2. The molecule has 1 heterocycles. The van der Waals surface area contributed by atoms with E-state index in [9.17, 15) is 0 Å². The molecule has 3 nitrogen and oxygen atoms in total. The second kappa shape index (κ2) is 9.23. The summed E-state index contributed by atoms with van der Waals surface area (Å²) in [5.74, 6) is 1.34. The van der Waals surface area contributed by atoms with Gasteiger partial charge >= 0.3 is 0 Å². The maximum absolute atomic E-state index is 6.47. The first-order valence-corrected chi connectivity index (χ1v) is 19.5. The van der Waals surface area contributed by atoms with Crippen LogP contribution >= 0.6 is 85.1 Å². The van der Waals surface area contributed by atoms with E-state index in [1.807, 2.05) is 45.5 Å². The number of nitrogens with zero attached hydrogens (tertiary/aromatic N) is 3. The zero-order valence-electron chi connectivity index (χ0n) is 11.9. The normalized spacial score (nSPS) is 22.5. The van der Waals surface area contributed by atoms with Gasteiger partial charge < -0.3 is 0 Å². The zero-order valence-corrected chi connectivity index (χ0v) is 19.4. The molecule has 0 atom stereocenters. The molecule has 0 aromatic rings. The van der Waals surface area contributed by atoms with Crippen LogP contribution in [0.15, 0.2) is 13.5 Å². The largest absolute Gasteiger partial charge is 0.256 e. The van der Waals surface area contributed by atoms with Crippen molar-refractivity contribution >= 4 is 85.1 Å². The molecule has 0 radical (unpaired) electrons. The Morgan fingerprint density at radius 3 is 1.35 bits per heavy atom. The summed E-state index contributed by atoms with van der Waals surface area (Å²) in [5, 5.41) is 0. The lowest BCUT2D eigenvalue weighted by Crippen LogP contribution is -1.80. The van der Waals surface area contributed by atoms with Gasteiger partial charge in [0.05, 0.1) is 0 Å². The molecule has 1 aliphatic rings. The van der Waals surface area contributed by atoms with E-state index >= 15 is 0 Å². The topological polar surface area (TPSA) is 37.1 Å². The van der Waals surface area contributed by atoms with Crippen LogP contribution in [-0.4, -0.2) is 23.0 Å². The highest BCUT2D eigenvalue weighted by molar-refractivity contribution is 8.96. The summed E-state index contributed by atoms with van der Waals surface area (Å²) in [6.07, 6.45) is 0. The van der Waals surface area contributed by atoms with Crippen molar-refractivity contribution in [3.63, 3.8) is 0 Å². The van der Waals surface area contributed by atoms with Crippen LogP contribution < -0.4 is 0 Å². The van der Waals surface area contributed by atoms with Crippen molar-refractivity contribution < 1.29 is 0 Å². The van der Waals surface area contributed by atoms with E-state index in [1.54, 1.807) is 0 Å². The molecule has 0 aromatic carbocycles. The molecule has 0 N–H and O–H groups in total. The standard InChI is InChI=1S/C8H20Cl2N3P3S4/c1-5-17-15(18-6-2)11-14(9,10)12-16(13-15,19-7-3)20-8-4/h5-8H2,1-4H3. The maximum atomic E-state index is 6.47. The minimum absolute atomic E-state index is 0.981. The fraction of sp³-hybridized carbons (Fsp3) is 1.00. The third-order valence-corrected chi connectivity index (χ3v) is 28.2. The van der Waals surface area contributed by atoms with Crippen LogP contribution in [0.25, 0.3) is 0 Å².